The van der Waals surface area contributed by atoms with E-state index in [0.717, 1.165) is 5.69 Å². The lowest BCUT2D eigenvalue weighted by atomic mass is 10.3. The first-order chi connectivity index (χ1) is 9.70. The monoisotopic (exact) mass is 290 g/mol. The number of hydrogen-bond donors (Lipinski definition) is 2. The Morgan fingerprint density at radius 1 is 1.45 bits per heavy atom. The molecule has 1 aromatic carbocycles. The molecule has 3 N–H and O–H groups in total. The number of carbonyl (C=O) groups is 1. The predicted octanol–water partition coefficient (Wildman–Crippen LogP) is 2.10. The van der Waals surface area contributed by atoms with Gasteiger partial charge < -0.3 is 10.5 Å². The maximum Gasteiger partial charge on any atom is 0.361 e. The van der Waals surface area contributed by atoms with Gasteiger partial charge in [0.1, 0.15) is 5.69 Å². The number of nitrogens with two attached hydrogens (primary N) is 1. The van der Waals surface area contributed by atoms with Crippen LogP contribution in [0.3, 0.4) is 0 Å². The van der Waals surface area contributed by atoms with Crippen LogP contribution in [0.5, 0.6) is 0 Å². The molecule has 0 unspecified atom stereocenters. The van der Waals surface area contributed by atoms with E-state index in [4.69, 9.17) is 10.5 Å². The van der Waals surface area contributed by atoms with Crippen molar-refractivity contribution < 1.29 is 9.53 Å². The minimum Gasteiger partial charge on any atom is -0.461 e. The second kappa shape index (κ2) is 6.67. The molecule has 20 heavy (non-hydrogen) atoms. The van der Waals surface area contributed by atoms with Gasteiger partial charge in [-0.05, 0) is 19.1 Å². The van der Waals surface area contributed by atoms with E-state index in [2.05, 4.69) is 15.5 Å². The summed E-state index contributed by atoms with van der Waals surface area (Å²) in [5.41, 5.74) is 9.64. The number of nitrogens with one attached hydrogen (secondary N) is 1. The van der Waals surface area contributed by atoms with Crippen molar-refractivity contribution in [1.29, 1.82) is 0 Å². The average molecular weight is 290 g/mol. The molecule has 2 aromatic rings. The summed E-state index contributed by atoms with van der Waals surface area (Å²) in [7, 11) is 0. The van der Waals surface area contributed by atoms with Crippen LogP contribution < -0.4 is 11.2 Å². The Bertz CT molecular complexity index is 610. The minimum absolute atomic E-state index is 0.101. The van der Waals surface area contributed by atoms with E-state index >= 15 is 0 Å². The van der Waals surface area contributed by atoms with Gasteiger partial charge in [0.25, 0.3) is 0 Å². The molecule has 0 spiro atoms. The first-order valence-electron chi connectivity index (χ1n) is 5.98. The fourth-order valence-corrected chi connectivity index (χ4v) is 1.98. The quantitative estimate of drug-likeness (QED) is 0.500. The topological polar surface area (TPSA) is 89.6 Å². The first-order valence-corrected chi connectivity index (χ1v) is 6.86. The SMILES string of the molecule is CCOC(=O)C(=NNc1ccccc1)c1csc(N)n1. The van der Waals surface area contributed by atoms with Crippen LogP contribution >= 0.6 is 11.3 Å². The molecular formula is C13H14N4O2S. The number of nitrogens with zero attached hydrogens (tertiary/aromatic N) is 2. The Balaban J connectivity index is 2.24. The largest absolute Gasteiger partial charge is 0.461 e. The van der Waals surface area contributed by atoms with Gasteiger partial charge in [0.05, 0.1) is 12.3 Å². The van der Waals surface area contributed by atoms with Crippen molar-refractivity contribution in [3.05, 3.63) is 41.4 Å². The van der Waals surface area contributed by atoms with E-state index in [9.17, 15) is 4.79 Å². The van der Waals surface area contributed by atoms with Crippen LogP contribution in [0, 0.1) is 0 Å². The van der Waals surface area contributed by atoms with Gasteiger partial charge in [-0.2, -0.15) is 5.10 Å². The molecule has 1 heterocycles. The molecule has 0 saturated heterocycles. The molecule has 0 atom stereocenters. The summed E-state index contributed by atoms with van der Waals surface area (Å²) < 4.78 is 4.97. The summed E-state index contributed by atoms with van der Waals surface area (Å²) in [6, 6.07) is 9.29. The Hall–Kier alpha value is -2.41. The second-order valence-electron chi connectivity index (χ2n) is 3.73. The normalized spacial score (nSPS) is 11.2. The molecule has 2 rings (SSSR count). The van der Waals surface area contributed by atoms with Gasteiger partial charge in [-0.1, -0.05) is 18.2 Å². The summed E-state index contributed by atoms with van der Waals surface area (Å²) in [4.78, 5) is 16.0. The average Bonchev–Trinajstić information content (AvgIpc) is 2.87. The molecule has 0 aliphatic heterocycles. The molecule has 6 nitrogen and oxygen atoms in total. The number of para-hydroxylation sites is 1. The van der Waals surface area contributed by atoms with Crippen molar-refractivity contribution in [1.82, 2.24) is 4.98 Å². The highest BCUT2D eigenvalue weighted by atomic mass is 32.1. The maximum absolute atomic E-state index is 11.9. The molecule has 104 valence electrons. The van der Waals surface area contributed by atoms with Gasteiger partial charge >= 0.3 is 5.97 Å². The lowest BCUT2D eigenvalue weighted by molar-refractivity contribution is -0.134. The Morgan fingerprint density at radius 3 is 2.80 bits per heavy atom. The van der Waals surface area contributed by atoms with E-state index in [0.29, 0.717) is 10.8 Å². The highest BCUT2D eigenvalue weighted by molar-refractivity contribution is 7.13. The first kappa shape index (κ1) is 14.0. The van der Waals surface area contributed by atoms with Crippen molar-refractivity contribution in [2.24, 2.45) is 5.10 Å². The van der Waals surface area contributed by atoms with Gasteiger partial charge in [-0.3, -0.25) is 5.43 Å². The lowest BCUT2D eigenvalue weighted by Crippen LogP contribution is -2.20. The van der Waals surface area contributed by atoms with Crippen molar-refractivity contribution >= 4 is 33.8 Å². The van der Waals surface area contributed by atoms with Crippen molar-refractivity contribution in [2.45, 2.75) is 6.92 Å². The number of carbonyl (C=O) groups excluding carboxylic acids is 1. The van der Waals surface area contributed by atoms with Crippen LogP contribution in [0.25, 0.3) is 0 Å². The third kappa shape index (κ3) is 3.55. The van der Waals surface area contributed by atoms with Gasteiger partial charge in [0.2, 0.25) is 0 Å². The molecular weight excluding hydrogens is 276 g/mol. The zero-order chi connectivity index (χ0) is 14.4. The maximum atomic E-state index is 11.9. The summed E-state index contributed by atoms with van der Waals surface area (Å²) >= 11 is 1.24. The van der Waals surface area contributed by atoms with Crippen LogP contribution in [-0.4, -0.2) is 23.3 Å². The van der Waals surface area contributed by atoms with Gasteiger partial charge in [-0.15, -0.1) is 11.3 Å². The third-order valence-corrected chi connectivity index (χ3v) is 2.98. The molecule has 0 bridgehead atoms. The van der Waals surface area contributed by atoms with Crippen molar-refractivity contribution in [3.63, 3.8) is 0 Å². The van der Waals surface area contributed by atoms with Crippen molar-refractivity contribution in [3.8, 4) is 0 Å². The molecule has 0 aliphatic rings. The van der Waals surface area contributed by atoms with Gasteiger partial charge in [0, 0.05) is 5.38 Å². The number of benzene rings is 1. The van der Waals surface area contributed by atoms with Gasteiger partial charge in [0.15, 0.2) is 10.8 Å². The highest BCUT2D eigenvalue weighted by Crippen LogP contribution is 2.13. The molecule has 7 heteroatoms. The Kier molecular flexibility index (Phi) is 4.67. The fraction of sp³-hybridized carbons (Fsp3) is 0.154. The zero-order valence-corrected chi connectivity index (χ0v) is 11.7. The number of hydrogen-bond acceptors (Lipinski definition) is 7. The van der Waals surface area contributed by atoms with Crippen LogP contribution in [0.4, 0.5) is 10.8 Å². The Morgan fingerprint density at radius 2 is 2.20 bits per heavy atom. The van der Waals surface area contributed by atoms with E-state index < -0.39 is 5.97 Å². The highest BCUT2D eigenvalue weighted by Gasteiger charge is 2.18. The minimum atomic E-state index is -0.541. The summed E-state index contributed by atoms with van der Waals surface area (Å²) in [5.74, 6) is -0.541. The molecule has 1 aromatic heterocycles. The predicted molar refractivity (Wildman–Crippen MR) is 79.8 cm³/mol. The number of nitrogen functional groups attached to an aromatic ring is 1. The summed E-state index contributed by atoms with van der Waals surface area (Å²) in [6.07, 6.45) is 0. The molecule has 0 saturated carbocycles. The lowest BCUT2D eigenvalue weighted by Gasteiger charge is -2.05. The van der Waals surface area contributed by atoms with Crippen LogP contribution in [-0.2, 0) is 9.53 Å². The molecule has 0 fully saturated rings. The number of ether oxygens (including phenoxy) is 1. The van der Waals surface area contributed by atoms with Crippen LogP contribution in [0.2, 0.25) is 0 Å². The number of hydrazone groups is 1. The number of esters is 1. The van der Waals surface area contributed by atoms with Crippen molar-refractivity contribution in [2.75, 3.05) is 17.8 Å². The van der Waals surface area contributed by atoms with E-state index in [1.54, 1.807) is 12.3 Å². The molecule has 0 radical (unpaired) electrons. The van der Waals surface area contributed by atoms with E-state index in [-0.39, 0.29) is 12.3 Å². The summed E-state index contributed by atoms with van der Waals surface area (Å²) in [5, 5.41) is 6.11. The van der Waals surface area contributed by atoms with E-state index in [1.165, 1.54) is 11.3 Å². The molecule has 0 aliphatic carbocycles. The van der Waals surface area contributed by atoms with E-state index in [1.807, 2.05) is 30.3 Å². The molecule has 0 amide bonds. The number of thiazole rings is 1. The fourth-order valence-electron chi connectivity index (χ4n) is 1.44. The number of rotatable bonds is 5. The number of anilines is 2. The standard InChI is InChI=1S/C13H14N4O2S/c1-2-19-12(18)11(10-8-20-13(14)15-10)17-16-9-6-4-3-5-7-9/h3-8,16H,2H2,1H3,(H2,14,15). The summed E-state index contributed by atoms with van der Waals surface area (Å²) in [6.45, 7) is 2.00. The third-order valence-electron chi connectivity index (χ3n) is 2.30. The Labute approximate surface area is 120 Å². The van der Waals surface area contributed by atoms with Crippen LogP contribution in [0.15, 0.2) is 40.8 Å². The smallest absolute Gasteiger partial charge is 0.361 e. The second-order valence-corrected chi connectivity index (χ2v) is 4.62. The van der Waals surface area contributed by atoms with Gasteiger partial charge in [-0.25, -0.2) is 9.78 Å². The zero-order valence-electron chi connectivity index (χ0n) is 10.9. The number of aromatic nitrogens is 1. The van der Waals surface area contributed by atoms with Crippen LogP contribution in [0.1, 0.15) is 12.6 Å².